The molecular formula is C14H13N5O5. The average Bonchev–Trinajstić information content (AvgIpc) is 3.13. The van der Waals surface area contributed by atoms with Gasteiger partial charge in [0.2, 0.25) is 0 Å². The number of carboxylic acids is 1. The Bertz CT molecular complexity index is 915. The number of esters is 1. The maximum atomic E-state index is 11.0. The van der Waals surface area contributed by atoms with Crippen LogP contribution in [0.15, 0.2) is 22.7 Å². The number of carboxylic acid groups (broad SMARTS) is 1. The number of hydrogen-bond acceptors (Lipinski definition) is 8. The van der Waals surface area contributed by atoms with Crippen molar-refractivity contribution in [1.82, 2.24) is 20.3 Å². The second-order valence-electron chi connectivity index (χ2n) is 5.03. The van der Waals surface area contributed by atoms with Gasteiger partial charge in [0.1, 0.15) is 0 Å². The SMILES string of the molecule is Cc1noc(-c2ccc3n[nH]c(CC(N)OC(=O)C(=O)O)c3c2)n1. The van der Waals surface area contributed by atoms with Crippen molar-refractivity contribution in [1.29, 1.82) is 0 Å². The van der Waals surface area contributed by atoms with Crippen LogP contribution < -0.4 is 5.73 Å². The summed E-state index contributed by atoms with van der Waals surface area (Å²) in [6.45, 7) is 1.71. The Labute approximate surface area is 134 Å². The first kappa shape index (κ1) is 15.6. The van der Waals surface area contributed by atoms with E-state index in [0.29, 0.717) is 28.5 Å². The topological polar surface area (TPSA) is 157 Å². The summed E-state index contributed by atoms with van der Waals surface area (Å²) in [6.07, 6.45) is -1.05. The van der Waals surface area contributed by atoms with Crippen molar-refractivity contribution in [3.8, 4) is 11.5 Å². The molecule has 0 bridgehead atoms. The van der Waals surface area contributed by atoms with Gasteiger partial charge in [0.05, 0.1) is 5.52 Å². The number of aryl methyl sites for hydroxylation is 1. The van der Waals surface area contributed by atoms with Gasteiger partial charge in [0.15, 0.2) is 12.1 Å². The van der Waals surface area contributed by atoms with Gasteiger partial charge in [-0.25, -0.2) is 9.59 Å². The Kier molecular flexibility index (Phi) is 3.96. The molecule has 1 aromatic carbocycles. The molecular weight excluding hydrogens is 318 g/mol. The first-order valence-electron chi connectivity index (χ1n) is 6.91. The smallest absolute Gasteiger partial charge is 0.418 e. The van der Waals surface area contributed by atoms with E-state index < -0.39 is 18.2 Å². The van der Waals surface area contributed by atoms with Crippen molar-refractivity contribution < 1.29 is 24.0 Å². The zero-order chi connectivity index (χ0) is 17.3. The molecule has 0 aliphatic rings. The average molecular weight is 331 g/mol. The number of carbonyl (C=O) groups is 2. The molecule has 4 N–H and O–H groups in total. The third-order valence-corrected chi connectivity index (χ3v) is 3.25. The molecule has 0 saturated heterocycles. The van der Waals surface area contributed by atoms with Crippen molar-refractivity contribution in [3.05, 3.63) is 29.7 Å². The number of rotatable bonds is 4. The van der Waals surface area contributed by atoms with Crippen LogP contribution in [0.25, 0.3) is 22.4 Å². The zero-order valence-electron chi connectivity index (χ0n) is 12.5. The molecule has 0 spiro atoms. The molecule has 2 aromatic heterocycles. The molecule has 0 aliphatic heterocycles. The Hall–Kier alpha value is -3.27. The van der Waals surface area contributed by atoms with Gasteiger partial charge in [-0.15, -0.1) is 0 Å². The van der Waals surface area contributed by atoms with Gasteiger partial charge >= 0.3 is 11.9 Å². The Balaban J connectivity index is 1.86. The molecule has 0 aliphatic carbocycles. The number of ether oxygens (including phenoxy) is 1. The summed E-state index contributed by atoms with van der Waals surface area (Å²) in [5, 5.41) is 19.9. The molecule has 124 valence electrons. The quantitative estimate of drug-likeness (QED) is 0.349. The summed E-state index contributed by atoms with van der Waals surface area (Å²) in [5.74, 6) is -2.23. The fourth-order valence-electron chi connectivity index (χ4n) is 2.20. The van der Waals surface area contributed by atoms with Crippen LogP contribution >= 0.6 is 0 Å². The standard InChI is InChI=1S/C14H13N5O5/c1-6-16-12(24-19-6)7-2-3-9-8(4-7)10(18-17-9)5-11(15)23-14(22)13(20)21/h2-4,11H,5,15H2,1H3,(H,17,18)(H,20,21). The summed E-state index contributed by atoms with van der Waals surface area (Å²) >= 11 is 0. The van der Waals surface area contributed by atoms with Crippen molar-refractivity contribution in [3.63, 3.8) is 0 Å². The van der Waals surface area contributed by atoms with Gasteiger partial charge in [-0.05, 0) is 25.1 Å². The van der Waals surface area contributed by atoms with Crippen LogP contribution in [0.1, 0.15) is 11.5 Å². The van der Waals surface area contributed by atoms with Crippen LogP contribution in [0.5, 0.6) is 0 Å². The van der Waals surface area contributed by atoms with Gasteiger partial charge in [0.25, 0.3) is 5.89 Å². The summed E-state index contributed by atoms with van der Waals surface area (Å²) in [4.78, 5) is 25.7. The van der Waals surface area contributed by atoms with Crippen molar-refractivity contribution in [2.75, 3.05) is 0 Å². The molecule has 0 amide bonds. The van der Waals surface area contributed by atoms with E-state index in [1.165, 1.54) is 0 Å². The normalized spacial score (nSPS) is 12.2. The zero-order valence-corrected chi connectivity index (χ0v) is 12.5. The Morgan fingerprint density at radius 1 is 1.46 bits per heavy atom. The molecule has 2 heterocycles. The van der Waals surface area contributed by atoms with E-state index in [0.717, 1.165) is 5.39 Å². The van der Waals surface area contributed by atoms with E-state index in [2.05, 4.69) is 25.1 Å². The minimum atomic E-state index is -1.70. The lowest BCUT2D eigenvalue weighted by molar-refractivity contribution is -0.167. The molecule has 0 fully saturated rings. The van der Waals surface area contributed by atoms with Gasteiger partial charge in [-0.1, -0.05) is 5.16 Å². The van der Waals surface area contributed by atoms with Gasteiger partial charge in [-0.2, -0.15) is 10.1 Å². The van der Waals surface area contributed by atoms with Crippen LogP contribution in [0, 0.1) is 6.92 Å². The van der Waals surface area contributed by atoms with Gasteiger partial charge < -0.3 is 14.4 Å². The highest BCUT2D eigenvalue weighted by atomic mass is 16.6. The third-order valence-electron chi connectivity index (χ3n) is 3.25. The van der Waals surface area contributed by atoms with E-state index in [-0.39, 0.29) is 6.42 Å². The van der Waals surface area contributed by atoms with E-state index >= 15 is 0 Å². The highest BCUT2D eigenvalue weighted by Crippen LogP contribution is 2.24. The monoisotopic (exact) mass is 331 g/mol. The van der Waals surface area contributed by atoms with Crippen LogP contribution in [-0.2, 0) is 20.7 Å². The fraction of sp³-hybridized carbons (Fsp3) is 0.214. The van der Waals surface area contributed by atoms with Crippen LogP contribution in [0.2, 0.25) is 0 Å². The maximum absolute atomic E-state index is 11.0. The third kappa shape index (κ3) is 3.08. The number of aromatic amines is 1. The fourth-order valence-corrected chi connectivity index (χ4v) is 2.20. The lowest BCUT2D eigenvalue weighted by Crippen LogP contribution is -2.32. The van der Waals surface area contributed by atoms with Gasteiger partial charge in [-0.3, -0.25) is 10.8 Å². The lowest BCUT2D eigenvalue weighted by Gasteiger charge is -2.10. The van der Waals surface area contributed by atoms with E-state index in [9.17, 15) is 9.59 Å². The number of carbonyl (C=O) groups excluding carboxylic acids is 1. The number of aliphatic carboxylic acids is 1. The molecule has 10 nitrogen and oxygen atoms in total. The summed E-state index contributed by atoms with van der Waals surface area (Å²) in [5.41, 5.74) is 7.61. The predicted octanol–water partition coefficient (Wildman–Crippen LogP) is 0.376. The van der Waals surface area contributed by atoms with E-state index in [1.807, 2.05) is 0 Å². The summed E-state index contributed by atoms with van der Waals surface area (Å²) < 4.78 is 9.73. The highest BCUT2D eigenvalue weighted by Gasteiger charge is 2.19. The Morgan fingerprint density at radius 3 is 2.92 bits per heavy atom. The molecule has 0 radical (unpaired) electrons. The molecule has 24 heavy (non-hydrogen) atoms. The number of hydrogen-bond donors (Lipinski definition) is 3. The molecule has 1 atom stereocenters. The van der Waals surface area contributed by atoms with Crippen molar-refractivity contribution >= 4 is 22.8 Å². The number of aromatic nitrogens is 4. The number of nitrogens with zero attached hydrogens (tertiary/aromatic N) is 3. The van der Waals surface area contributed by atoms with Crippen LogP contribution in [-0.4, -0.2) is 43.6 Å². The largest absolute Gasteiger partial charge is 0.473 e. The summed E-state index contributed by atoms with van der Waals surface area (Å²) in [7, 11) is 0. The summed E-state index contributed by atoms with van der Waals surface area (Å²) in [6, 6.07) is 5.33. The van der Waals surface area contributed by atoms with Crippen LogP contribution in [0.4, 0.5) is 0 Å². The number of nitrogens with one attached hydrogen (secondary N) is 1. The predicted molar refractivity (Wildman–Crippen MR) is 79.5 cm³/mol. The van der Waals surface area contributed by atoms with E-state index in [4.69, 9.17) is 15.4 Å². The number of nitrogens with two attached hydrogens (primary N) is 1. The highest BCUT2D eigenvalue weighted by molar-refractivity contribution is 6.28. The van der Waals surface area contributed by atoms with E-state index in [1.54, 1.807) is 25.1 Å². The second kappa shape index (κ2) is 6.08. The minimum Gasteiger partial charge on any atom is -0.473 e. The molecule has 10 heteroatoms. The molecule has 3 aromatic rings. The number of fused-ring (bicyclic) bond motifs is 1. The molecule has 1 unspecified atom stereocenters. The van der Waals surface area contributed by atoms with Crippen molar-refractivity contribution in [2.45, 2.75) is 19.6 Å². The first-order valence-corrected chi connectivity index (χ1v) is 6.91. The van der Waals surface area contributed by atoms with Crippen molar-refractivity contribution in [2.24, 2.45) is 5.73 Å². The maximum Gasteiger partial charge on any atom is 0.418 e. The van der Waals surface area contributed by atoms with Gasteiger partial charge in [0, 0.05) is 23.1 Å². The van der Waals surface area contributed by atoms with Crippen LogP contribution in [0.3, 0.4) is 0 Å². The first-order chi connectivity index (χ1) is 11.4. The minimum absolute atomic E-state index is 0.0713. The number of H-pyrrole nitrogens is 1. The lowest BCUT2D eigenvalue weighted by atomic mass is 10.1. The molecule has 0 saturated carbocycles. The second-order valence-corrected chi connectivity index (χ2v) is 5.03. The Morgan fingerprint density at radius 2 is 2.25 bits per heavy atom. The molecule has 3 rings (SSSR count). The number of benzene rings is 1.